The molecule has 2 aromatic carbocycles. The van der Waals surface area contributed by atoms with Crippen LogP contribution in [0.3, 0.4) is 0 Å². The Balaban J connectivity index is 2.11. The average Bonchev–Trinajstić information content (AvgIpc) is 2.90. The predicted molar refractivity (Wildman–Crippen MR) is 102 cm³/mol. The van der Waals surface area contributed by atoms with Crippen molar-refractivity contribution in [2.75, 3.05) is 0 Å². The molecule has 0 radical (unpaired) electrons. The Hall–Kier alpha value is -2.11. The van der Waals surface area contributed by atoms with Crippen molar-refractivity contribution in [1.29, 1.82) is 0 Å². The molecule has 0 atom stereocenters. The zero-order valence-electron chi connectivity index (χ0n) is 13.9. The number of rotatable bonds is 1. The maximum Gasteiger partial charge on any atom is 0.419 e. The lowest BCUT2D eigenvalue weighted by molar-refractivity contribution is -0.136. The van der Waals surface area contributed by atoms with Gasteiger partial charge in [-0.3, -0.25) is 4.98 Å². The van der Waals surface area contributed by atoms with Gasteiger partial charge in [0, 0.05) is 27.2 Å². The van der Waals surface area contributed by atoms with Gasteiger partial charge in [0.25, 0.3) is 0 Å². The number of pyridine rings is 1. The zero-order valence-corrected chi connectivity index (χ0v) is 15.5. The third-order valence-electron chi connectivity index (χ3n) is 4.28. The fraction of sp³-hybridized carbons (Fsp3) is 0.150. The van der Waals surface area contributed by atoms with Crippen molar-refractivity contribution < 1.29 is 13.2 Å². The minimum Gasteiger partial charge on any atom is -0.255 e. The highest BCUT2D eigenvalue weighted by Crippen LogP contribution is 2.47. The normalized spacial score (nSPS) is 12.2. The van der Waals surface area contributed by atoms with E-state index in [1.165, 1.54) is 6.07 Å². The summed E-state index contributed by atoms with van der Waals surface area (Å²) in [6.07, 6.45) is -2.87. The first-order valence-electron chi connectivity index (χ1n) is 7.91. The molecule has 2 heterocycles. The molecular weight excluding hydrogens is 379 g/mol. The number of alkyl halides is 3. The monoisotopic (exact) mass is 391 g/mol. The van der Waals surface area contributed by atoms with Gasteiger partial charge in [0.05, 0.1) is 21.0 Å². The Kier molecular flexibility index (Phi) is 3.97. The summed E-state index contributed by atoms with van der Waals surface area (Å²) in [6, 6.07) is 10.8. The van der Waals surface area contributed by atoms with Crippen LogP contribution in [0, 0.1) is 13.8 Å². The summed E-state index contributed by atoms with van der Waals surface area (Å²) < 4.78 is 41.5. The lowest BCUT2D eigenvalue weighted by atomic mass is 10.0. The fourth-order valence-electron chi connectivity index (χ4n) is 3.32. The predicted octanol–water partition coefficient (Wildman–Crippen LogP) is 7.41. The fourth-order valence-corrected chi connectivity index (χ4v) is 5.02. The Labute approximate surface area is 157 Å². The Morgan fingerprint density at radius 3 is 2.23 bits per heavy atom. The molecule has 0 aliphatic rings. The second kappa shape index (κ2) is 5.96. The summed E-state index contributed by atoms with van der Waals surface area (Å²) in [4.78, 5) is 4.47. The van der Waals surface area contributed by atoms with E-state index in [0.29, 0.717) is 11.1 Å². The summed E-state index contributed by atoms with van der Waals surface area (Å²) in [5.41, 5.74) is 2.99. The van der Waals surface area contributed by atoms with Gasteiger partial charge < -0.3 is 0 Å². The topological polar surface area (TPSA) is 12.9 Å². The zero-order chi connectivity index (χ0) is 18.6. The molecule has 132 valence electrons. The lowest BCUT2D eigenvalue weighted by Crippen LogP contribution is -2.05. The Morgan fingerprint density at radius 2 is 1.58 bits per heavy atom. The van der Waals surface area contributed by atoms with Gasteiger partial charge in [-0.2, -0.15) is 13.2 Å². The quantitative estimate of drug-likeness (QED) is 0.329. The van der Waals surface area contributed by atoms with E-state index >= 15 is 0 Å². The molecule has 0 N–H and O–H groups in total. The first-order valence-corrected chi connectivity index (χ1v) is 9.11. The second-order valence-corrected chi connectivity index (χ2v) is 7.74. The summed E-state index contributed by atoms with van der Waals surface area (Å²) in [5, 5.41) is 1.03. The van der Waals surface area contributed by atoms with Gasteiger partial charge in [-0.1, -0.05) is 34.9 Å². The van der Waals surface area contributed by atoms with Crippen LogP contribution >= 0.6 is 22.9 Å². The minimum absolute atomic E-state index is 0.152. The minimum atomic E-state index is -4.51. The molecule has 0 fully saturated rings. The molecule has 0 bridgehead atoms. The molecule has 0 saturated carbocycles. The van der Waals surface area contributed by atoms with E-state index in [2.05, 4.69) is 11.1 Å². The van der Waals surface area contributed by atoms with Gasteiger partial charge in [0.2, 0.25) is 0 Å². The molecule has 0 spiro atoms. The first kappa shape index (κ1) is 17.3. The van der Waals surface area contributed by atoms with Gasteiger partial charge in [0.15, 0.2) is 0 Å². The second-order valence-electron chi connectivity index (χ2n) is 6.31. The smallest absolute Gasteiger partial charge is 0.255 e. The van der Waals surface area contributed by atoms with Crippen molar-refractivity contribution >= 4 is 43.1 Å². The number of benzene rings is 2. The molecule has 4 rings (SSSR count). The van der Waals surface area contributed by atoms with Crippen LogP contribution in [0.5, 0.6) is 0 Å². The highest BCUT2D eigenvalue weighted by atomic mass is 35.5. The number of thiophene rings is 1. The molecule has 2 aromatic heterocycles. The Bertz CT molecular complexity index is 1140. The van der Waals surface area contributed by atoms with Crippen LogP contribution in [0.25, 0.3) is 31.4 Å². The number of aryl methyl sites for hydroxylation is 2. The van der Waals surface area contributed by atoms with Gasteiger partial charge >= 0.3 is 6.18 Å². The van der Waals surface area contributed by atoms with Crippen LogP contribution in [0.1, 0.15) is 16.7 Å². The van der Waals surface area contributed by atoms with E-state index in [0.717, 1.165) is 38.1 Å². The average molecular weight is 392 g/mol. The summed E-state index contributed by atoms with van der Waals surface area (Å²) in [7, 11) is 0. The van der Waals surface area contributed by atoms with Crippen LogP contribution < -0.4 is 0 Å². The van der Waals surface area contributed by atoms with Crippen molar-refractivity contribution in [3.63, 3.8) is 0 Å². The van der Waals surface area contributed by atoms with E-state index in [9.17, 15) is 13.2 Å². The van der Waals surface area contributed by atoms with Crippen molar-refractivity contribution in [2.45, 2.75) is 20.0 Å². The highest BCUT2D eigenvalue weighted by molar-refractivity contribution is 7.26. The van der Waals surface area contributed by atoms with Gasteiger partial charge in [-0.25, -0.2) is 0 Å². The maximum absolute atomic E-state index is 13.5. The lowest BCUT2D eigenvalue weighted by Gasteiger charge is -2.09. The van der Waals surface area contributed by atoms with Crippen LogP contribution in [0.2, 0.25) is 5.02 Å². The summed E-state index contributed by atoms with van der Waals surface area (Å²) >= 11 is 6.98. The number of hydrogen-bond donors (Lipinski definition) is 0. The third kappa shape index (κ3) is 2.75. The molecule has 4 aromatic rings. The summed E-state index contributed by atoms with van der Waals surface area (Å²) in [5.74, 6) is 0. The molecule has 0 amide bonds. The number of halogens is 4. The third-order valence-corrected chi connectivity index (χ3v) is 5.84. The van der Waals surface area contributed by atoms with E-state index < -0.39 is 11.7 Å². The number of aromatic nitrogens is 1. The first-order chi connectivity index (χ1) is 12.3. The van der Waals surface area contributed by atoms with Gasteiger partial charge in [-0.15, -0.1) is 11.3 Å². The van der Waals surface area contributed by atoms with E-state index in [1.807, 2.05) is 26.0 Å². The SMILES string of the molecule is Cc1cc(C)cc(-c2nccc3c2sc2c(C(F)(F)F)c(Cl)ccc23)c1. The van der Waals surface area contributed by atoms with Crippen LogP contribution in [0.4, 0.5) is 13.2 Å². The van der Waals surface area contributed by atoms with Crippen molar-refractivity contribution in [1.82, 2.24) is 4.98 Å². The Morgan fingerprint density at radius 1 is 0.923 bits per heavy atom. The number of nitrogens with zero attached hydrogens (tertiary/aromatic N) is 1. The van der Waals surface area contributed by atoms with E-state index in [4.69, 9.17) is 11.6 Å². The van der Waals surface area contributed by atoms with Crippen molar-refractivity contribution in [3.05, 3.63) is 64.3 Å². The van der Waals surface area contributed by atoms with Gasteiger partial charge in [-0.05, 0) is 38.1 Å². The summed E-state index contributed by atoms with van der Waals surface area (Å²) in [6.45, 7) is 3.98. The van der Waals surface area contributed by atoms with Crippen molar-refractivity contribution in [3.8, 4) is 11.3 Å². The standard InChI is InChI=1S/C20H13ClF3NS/c1-10-7-11(2)9-12(8-10)17-19-14(5-6-25-17)13-3-4-15(21)16(18(13)26-19)20(22,23)24/h3-9H,1-2H3. The largest absolute Gasteiger partial charge is 0.419 e. The number of fused-ring (bicyclic) bond motifs is 3. The van der Waals surface area contributed by atoms with Crippen LogP contribution in [-0.2, 0) is 6.18 Å². The molecule has 0 aliphatic heterocycles. The van der Waals surface area contributed by atoms with E-state index in [-0.39, 0.29) is 9.72 Å². The molecular formula is C20H13ClF3NS. The van der Waals surface area contributed by atoms with E-state index in [1.54, 1.807) is 18.3 Å². The maximum atomic E-state index is 13.5. The highest BCUT2D eigenvalue weighted by Gasteiger charge is 2.36. The van der Waals surface area contributed by atoms with Crippen LogP contribution in [0.15, 0.2) is 42.6 Å². The van der Waals surface area contributed by atoms with Crippen LogP contribution in [-0.4, -0.2) is 4.98 Å². The number of hydrogen-bond acceptors (Lipinski definition) is 2. The molecule has 0 aliphatic carbocycles. The van der Waals surface area contributed by atoms with Crippen molar-refractivity contribution in [2.24, 2.45) is 0 Å². The molecule has 0 unspecified atom stereocenters. The molecule has 1 nitrogen and oxygen atoms in total. The van der Waals surface area contributed by atoms with Gasteiger partial charge in [0.1, 0.15) is 0 Å². The molecule has 6 heteroatoms. The molecule has 0 saturated heterocycles. The molecule has 26 heavy (non-hydrogen) atoms.